The quantitative estimate of drug-likeness (QED) is 0.203. The maximum Gasteiger partial charge on any atom is 0.547 e. The van der Waals surface area contributed by atoms with Gasteiger partial charge in [0.15, 0.2) is 0 Å². The van der Waals surface area contributed by atoms with Crippen molar-refractivity contribution in [2.24, 2.45) is 0 Å². The van der Waals surface area contributed by atoms with Crippen LogP contribution in [-0.4, -0.2) is 75.3 Å². The number of carboxylic acids is 1. The summed E-state index contributed by atoms with van der Waals surface area (Å²) in [4.78, 5) is 58.6. The van der Waals surface area contributed by atoms with Gasteiger partial charge in [-0.2, -0.15) is 0 Å². The summed E-state index contributed by atoms with van der Waals surface area (Å²) in [6.07, 6.45) is 1.52. The first-order chi connectivity index (χ1) is 17.5. The molecule has 2 aromatic rings. The predicted octanol–water partition coefficient (Wildman–Crippen LogP) is -0.421. The zero-order chi connectivity index (χ0) is 26.9. The number of benzene rings is 2. The molecule has 196 valence electrons. The van der Waals surface area contributed by atoms with Crippen molar-refractivity contribution in [2.75, 3.05) is 13.6 Å². The number of rotatable bonds is 7. The highest BCUT2D eigenvalue weighted by atomic mass is 31.2. The third-order valence-corrected chi connectivity index (χ3v) is 7.58. The van der Waals surface area contributed by atoms with Crippen molar-refractivity contribution in [3.05, 3.63) is 59.2 Å². The van der Waals surface area contributed by atoms with Crippen LogP contribution >= 0.6 is 7.60 Å². The van der Waals surface area contributed by atoms with Crippen molar-refractivity contribution in [3.63, 3.8) is 0 Å². The fraction of sp³-hybridized carbons (Fsp3) is 0.348. The van der Waals surface area contributed by atoms with Crippen molar-refractivity contribution >= 4 is 37.8 Å². The van der Waals surface area contributed by atoms with Crippen LogP contribution in [0.3, 0.4) is 0 Å². The van der Waals surface area contributed by atoms with Crippen LogP contribution in [-0.2, 0) is 20.6 Å². The summed E-state index contributed by atoms with van der Waals surface area (Å²) in [6.45, 7) is 0.731. The lowest BCUT2D eigenvalue weighted by Crippen LogP contribution is -2.56. The first-order valence-corrected chi connectivity index (χ1v) is 13.2. The van der Waals surface area contributed by atoms with Gasteiger partial charge in [0.05, 0.1) is 22.9 Å². The van der Waals surface area contributed by atoms with Gasteiger partial charge < -0.3 is 35.2 Å². The van der Waals surface area contributed by atoms with Crippen molar-refractivity contribution in [2.45, 2.75) is 37.3 Å². The number of carboxylic acid groups (broad SMARTS) is 1. The molecule has 37 heavy (non-hydrogen) atoms. The number of carbonyl (C=O) groups is 3. The van der Waals surface area contributed by atoms with E-state index in [1.165, 1.54) is 36.4 Å². The molecule has 2 heterocycles. The van der Waals surface area contributed by atoms with Crippen molar-refractivity contribution in [1.82, 2.24) is 15.5 Å². The number of likely N-dealkylation sites (N-methyl/N-ethyl adjacent to an activating group) is 1. The van der Waals surface area contributed by atoms with E-state index in [0.29, 0.717) is 12.0 Å². The molecule has 2 amide bonds. The summed E-state index contributed by atoms with van der Waals surface area (Å²) < 4.78 is 17.0. The van der Waals surface area contributed by atoms with E-state index in [4.69, 9.17) is 4.65 Å². The first-order valence-electron chi connectivity index (χ1n) is 11.6. The van der Waals surface area contributed by atoms with Crippen molar-refractivity contribution in [3.8, 4) is 5.75 Å². The van der Waals surface area contributed by atoms with Gasteiger partial charge in [0.25, 0.3) is 0 Å². The van der Waals surface area contributed by atoms with Gasteiger partial charge in [-0.05, 0) is 62.2 Å². The van der Waals surface area contributed by atoms with E-state index in [1.807, 2.05) is 4.90 Å². The lowest BCUT2D eigenvalue weighted by molar-refractivity contribution is -0.131. The number of nitrogens with one attached hydrogen (secondary N) is 2. The Balaban J connectivity index is 1.58. The number of hydrogen-bond acceptors (Lipinski definition) is 7. The zero-order valence-electron chi connectivity index (χ0n) is 19.9. The molecule has 0 aliphatic carbocycles. The van der Waals surface area contributed by atoms with E-state index in [0.717, 1.165) is 13.0 Å². The fourth-order valence-corrected chi connectivity index (χ4v) is 5.16. The second kappa shape index (κ2) is 10.6. The van der Waals surface area contributed by atoms with Crippen LogP contribution in [0, 0.1) is 0 Å². The molecule has 1 saturated heterocycles. The van der Waals surface area contributed by atoms with Crippen LogP contribution in [0.15, 0.2) is 42.5 Å². The van der Waals surface area contributed by atoms with Gasteiger partial charge in [0.2, 0.25) is 11.8 Å². The van der Waals surface area contributed by atoms with Crippen molar-refractivity contribution < 1.29 is 43.5 Å². The van der Waals surface area contributed by atoms with Gasteiger partial charge in [-0.3, -0.25) is 19.1 Å². The molecule has 2 aromatic carbocycles. The van der Waals surface area contributed by atoms with Crippen LogP contribution in [0.1, 0.15) is 40.4 Å². The molecular weight excluding hydrogens is 504 g/mol. The Labute approximate surface area is 212 Å². The van der Waals surface area contributed by atoms with Crippen molar-refractivity contribution in [1.29, 1.82) is 0 Å². The minimum absolute atomic E-state index is 0.0233. The van der Waals surface area contributed by atoms with Crippen LogP contribution in [0.25, 0.3) is 0 Å². The Hall–Kier alpha value is -3.22. The summed E-state index contributed by atoms with van der Waals surface area (Å²) in [5.74, 6) is -3.20. The highest BCUT2D eigenvalue weighted by Gasteiger charge is 2.40. The van der Waals surface area contributed by atoms with Crippen LogP contribution < -0.4 is 20.6 Å². The Bertz CT molecular complexity index is 1250. The highest BCUT2D eigenvalue weighted by molar-refractivity contribution is 7.60. The molecule has 0 spiro atoms. The Kier molecular flexibility index (Phi) is 7.72. The maximum absolute atomic E-state index is 13.4. The number of nitrogens with zero attached hydrogens (tertiary/aromatic N) is 1. The number of para-hydroxylation sites is 1. The van der Waals surface area contributed by atoms with E-state index in [9.17, 15) is 38.9 Å². The van der Waals surface area contributed by atoms with Crippen LogP contribution in [0.2, 0.25) is 0 Å². The summed E-state index contributed by atoms with van der Waals surface area (Å²) in [7, 11) is -4.25. The third kappa shape index (κ3) is 5.86. The van der Waals surface area contributed by atoms with Gasteiger partial charge in [0.1, 0.15) is 11.8 Å². The van der Waals surface area contributed by atoms with Gasteiger partial charge in [-0.25, -0.2) is 4.79 Å². The SMILES string of the molecule is CN1CCCC1C(=O)NC(C(=O)NC1Cc2cccc(C(=O)O)c2OB1O)c1ccc(P(=O)(O)O)cc1. The predicted molar refractivity (Wildman–Crippen MR) is 132 cm³/mol. The molecule has 2 aliphatic rings. The molecule has 4 rings (SSSR count). The molecule has 6 N–H and O–H groups in total. The fourth-order valence-electron chi connectivity index (χ4n) is 4.62. The highest BCUT2D eigenvalue weighted by Crippen LogP contribution is 2.33. The first kappa shape index (κ1) is 26.8. The van der Waals surface area contributed by atoms with E-state index in [1.54, 1.807) is 13.1 Å². The van der Waals surface area contributed by atoms with E-state index < -0.39 is 44.6 Å². The number of carbonyl (C=O) groups excluding carboxylic acids is 2. The Morgan fingerprint density at radius 2 is 1.86 bits per heavy atom. The number of likely N-dealkylation sites (tertiary alicyclic amines) is 1. The number of fused-ring (bicyclic) bond motifs is 1. The standard InChI is InChI=1S/C23H27BN3O9P/c1-27-11-3-6-17(27)21(28)26-19(13-7-9-15(10-8-13)37(33,34)35)22(29)25-18-12-14-4-2-5-16(23(30)31)20(14)36-24(18)32/h2,4-5,7-10,17-19,32H,3,6,11-12H2,1H3,(H,25,29)(H,26,28)(H,30,31)(H2,33,34,35). The van der Waals surface area contributed by atoms with Gasteiger partial charge in [-0.1, -0.05) is 24.3 Å². The molecule has 0 radical (unpaired) electrons. The monoisotopic (exact) mass is 531 g/mol. The zero-order valence-corrected chi connectivity index (χ0v) is 20.8. The molecule has 14 heteroatoms. The molecule has 1 fully saturated rings. The lowest BCUT2D eigenvalue weighted by Gasteiger charge is -2.30. The summed E-state index contributed by atoms with van der Waals surface area (Å²) in [5, 5.41) is 25.1. The van der Waals surface area contributed by atoms with Gasteiger partial charge in [0, 0.05) is 0 Å². The summed E-state index contributed by atoms with van der Waals surface area (Å²) in [6, 6.07) is 7.91. The number of hydrogen-bond donors (Lipinski definition) is 6. The average Bonchev–Trinajstić information content (AvgIpc) is 3.27. The van der Waals surface area contributed by atoms with Crippen LogP contribution in [0.5, 0.6) is 5.75 Å². The normalized spacial score (nSPS) is 20.5. The van der Waals surface area contributed by atoms with E-state index in [-0.39, 0.29) is 34.5 Å². The van der Waals surface area contributed by atoms with Crippen LogP contribution in [0.4, 0.5) is 0 Å². The molecule has 12 nitrogen and oxygen atoms in total. The molecule has 0 aromatic heterocycles. The summed E-state index contributed by atoms with van der Waals surface area (Å²) in [5.41, 5.74) is 0.649. The summed E-state index contributed by atoms with van der Waals surface area (Å²) >= 11 is 0. The number of amides is 2. The molecule has 2 aliphatic heterocycles. The average molecular weight is 531 g/mol. The smallest absolute Gasteiger partial charge is 0.534 e. The minimum atomic E-state index is -4.51. The molecular formula is C23H27BN3O9P. The largest absolute Gasteiger partial charge is 0.547 e. The lowest BCUT2D eigenvalue weighted by atomic mass is 9.72. The maximum atomic E-state index is 13.4. The number of aromatic carboxylic acids is 1. The van der Waals surface area contributed by atoms with Gasteiger partial charge in [-0.15, -0.1) is 0 Å². The molecule has 3 atom stereocenters. The Morgan fingerprint density at radius 3 is 2.46 bits per heavy atom. The molecule has 0 saturated carbocycles. The van der Waals surface area contributed by atoms with Gasteiger partial charge >= 0.3 is 20.7 Å². The molecule has 3 unspecified atom stereocenters. The molecule has 0 bridgehead atoms. The second-order valence-electron chi connectivity index (χ2n) is 9.14. The second-order valence-corrected chi connectivity index (χ2v) is 10.7. The van der Waals surface area contributed by atoms with E-state index in [2.05, 4.69) is 10.6 Å². The van der Waals surface area contributed by atoms with E-state index >= 15 is 0 Å². The third-order valence-electron chi connectivity index (χ3n) is 6.61. The minimum Gasteiger partial charge on any atom is -0.534 e. The topological polar surface area (TPSA) is 186 Å². The Morgan fingerprint density at radius 1 is 1.16 bits per heavy atom.